The van der Waals surface area contributed by atoms with Crippen molar-refractivity contribution in [3.63, 3.8) is 0 Å². The Hall–Kier alpha value is -2.20. The van der Waals surface area contributed by atoms with Crippen molar-refractivity contribution in [2.45, 2.75) is 13.0 Å². The molecule has 0 bridgehead atoms. The van der Waals surface area contributed by atoms with Crippen molar-refractivity contribution in [2.24, 2.45) is 5.73 Å². The molecule has 1 aliphatic heterocycles. The molecule has 0 atom stereocenters. The molecule has 0 unspecified atom stereocenters. The Kier molecular flexibility index (Phi) is 3.74. The van der Waals surface area contributed by atoms with Crippen LogP contribution in [0.3, 0.4) is 0 Å². The van der Waals surface area contributed by atoms with Crippen molar-refractivity contribution in [1.29, 1.82) is 0 Å². The average Bonchev–Trinajstić information content (AvgIpc) is 2.93. The van der Waals surface area contributed by atoms with Gasteiger partial charge in [0.25, 0.3) is 0 Å². The summed E-state index contributed by atoms with van der Waals surface area (Å²) in [7, 11) is 0. The van der Waals surface area contributed by atoms with Gasteiger partial charge < -0.3 is 19.9 Å². The molecule has 0 aromatic heterocycles. The molecule has 104 valence electrons. The summed E-state index contributed by atoms with van der Waals surface area (Å²) in [4.78, 5) is 0. The van der Waals surface area contributed by atoms with Crippen LogP contribution in [0.1, 0.15) is 11.1 Å². The topological polar surface area (TPSA) is 53.7 Å². The van der Waals surface area contributed by atoms with Gasteiger partial charge in [0.2, 0.25) is 6.79 Å². The summed E-state index contributed by atoms with van der Waals surface area (Å²) < 4.78 is 16.7. The fraction of sp³-hybridized carbons (Fsp3) is 0.250. The SMILES string of the molecule is NCCc1cc2c(cc1OCc1ccccc1)OCO2. The van der Waals surface area contributed by atoms with Crippen LogP contribution in [0.15, 0.2) is 42.5 Å². The number of ether oxygens (including phenoxy) is 3. The first-order chi connectivity index (χ1) is 9.86. The normalized spacial score (nSPS) is 12.4. The molecule has 1 aliphatic rings. The highest BCUT2D eigenvalue weighted by molar-refractivity contribution is 5.52. The first kappa shape index (κ1) is 12.8. The smallest absolute Gasteiger partial charge is 0.231 e. The van der Waals surface area contributed by atoms with Crippen LogP contribution in [-0.4, -0.2) is 13.3 Å². The first-order valence-electron chi connectivity index (χ1n) is 6.66. The van der Waals surface area contributed by atoms with Gasteiger partial charge in [0, 0.05) is 6.07 Å². The molecule has 0 amide bonds. The Labute approximate surface area is 118 Å². The van der Waals surface area contributed by atoms with Crippen molar-refractivity contribution < 1.29 is 14.2 Å². The summed E-state index contributed by atoms with van der Waals surface area (Å²) in [5.74, 6) is 2.30. The van der Waals surface area contributed by atoms with E-state index in [0.29, 0.717) is 13.2 Å². The van der Waals surface area contributed by atoms with Crippen LogP contribution in [0, 0.1) is 0 Å². The number of hydrogen-bond donors (Lipinski definition) is 1. The van der Waals surface area contributed by atoms with Gasteiger partial charge in [-0.2, -0.15) is 0 Å². The summed E-state index contributed by atoms with van der Waals surface area (Å²) >= 11 is 0. The quantitative estimate of drug-likeness (QED) is 0.907. The van der Waals surface area contributed by atoms with Crippen LogP contribution in [0.2, 0.25) is 0 Å². The summed E-state index contributed by atoms with van der Waals surface area (Å²) in [6.07, 6.45) is 0.751. The fourth-order valence-electron chi connectivity index (χ4n) is 2.19. The molecule has 2 aromatic carbocycles. The molecule has 0 aliphatic carbocycles. The minimum absolute atomic E-state index is 0.263. The maximum Gasteiger partial charge on any atom is 0.231 e. The molecule has 0 saturated heterocycles. The van der Waals surface area contributed by atoms with Crippen molar-refractivity contribution >= 4 is 0 Å². The molecule has 4 nitrogen and oxygen atoms in total. The third-order valence-electron chi connectivity index (χ3n) is 3.21. The van der Waals surface area contributed by atoms with Crippen molar-refractivity contribution in [3.05, 3.63) is 53.6 Å². The second-order valence-electron chi connectivity index (χ2n) is 4.63. The monoisotopic (exact) mass is 271 g/mol. The maximum absolute atomic E-state index is 5.91. The number of hydrogen-bond acceptors (Lipinski definition) is 4. The van der Waals surface area contributed by atoms with Gasteiger partial charge in [-0.15, -0.1) is 0 Å². The Morgan fingerprint density at radius 1 is 1.05 bits per heavy atom. The van der Waals surface area contributed by atoms with Gasteiger partial charge >= 0.3 is 0 Å². The van der Waals surface area contributed by atoms with Crippen LogP contribution in [0.25, 0.3) is 0 Å². The van der Waals surface area contributed by atoms with Crippen molar-refractivity contribution in [2.75, 3.05) is 13.3 Å². The van der Waals surface area contributed by atoms with E-state index in [4.69, 9.17) is 19.9 Å². The summed E-state index contributed by atoms with van der Waals surface area (Å²) in [5.41, 5.74) is 7.83. The highest BCUT2D eigenvalue weighted by Gasteiger charge is 2.17. The van der Waals surface area contributed by atoms with Gasteiger partial charge in [0.05, 0.1) is 0 Å². The van der Waals surface area contributed by atoms with E-state index < -0.39 is 0 Å². The first-order valence-corrected chi connectivity index (χ1v) is 6.66. The molecule has 0 spiro atoms. The molecule has 20 heavy (non-hydrogen) atoms. The zero-order valence-corrected chi connectivity index (χ0v) is 11.2. The predicted octanol–water partition coefficient (Wildman–Crippen LogP) is 2.50. The second-order valence-corrected chi connectivity index (χ2v) is 4.63. The minimum Gasteiger partial charge on any atom is -0.488 e. The molecular weight excluding hydrogens is 254 g/mol. The van der Waals surface area contributed by atoms with Crippen LogP contribution in [0.4, 0.5) is 0 Å². The number of benzene rings is 2. The van der Waals surface area contributed by atoms with Gasteiger partial charge in [-0.3, -0.25) is 0 Å². The average molecular weight is 271 g/mol. The molecule has 3 rings (SSSR count). The van der Waals surface area contributed by atoms with E-state index >= 15 is 0 Å². The second kappa shape index (κ2) is 5.84. The van der Waals surface area contributed by atoms with E-state index in [1.54, 1.807) is 0 Å². The van der Waals surface area contributed by atoms with Crippen LogP contribution in [0.5, 0.6) is 17.2 Å². The maximum atomic E-state index is 5.91. The Morgan fingerprint density at radius 3 is 2.55 bits per heavy atom. The molecule has 0 radical (unpaired) electrons. The van der Waals surface area contributed by atoms with Crippen LogP contribution >= 0.6 is 0 Å². The molecular formula is C16H17NO3. The summed E-state index contributed by atoms with van der Waals surface area (Å²) in [6.45, 7) is 1.36. The van der Waals surface area contributed by atoms with E-state index in [2.05, 4.69) is 0 Å². The highest BCUT2D eigenvalue weighted by Crippen LogP contribution is 2.38. The number of rotatable bonds is 5. The molecule has 0 saturated carbocycles. The molecule has 2 N–H and O–H groups in total. The van der Waals surface area contributed by atoms with Gasteiger partial charge in [-0.25, -0.2) is 0 Å². The lowest BCUT2D eigenvalue weighted by Crippen LogP contribution is -2.05. The van der Waals surface area contributed by atoms with E-state index in [0.717, 1.165) is 34.8 Å². The van der Waals surface area contributed by atoms with Gasteiger partial charge in [0.15, 0.2) is 11.5 Å². The highest BCUT2D eigenvalue weighted by atomic mass is 16.7. The predicted molar refractivity (Wildman–Crippen MR) is 76.1 cm³/mol. The van der Waals surface area contributed by atoms with Gasteiger partial charge in [-0.05, 0) is 30.2 Å². The lowest BCUT2D eigenvalue weighted by atomic mass is 10.1. The van der Waals surface area contributed by atoms with Crippen molar-refractivity contribution in [1.82, 2.24) is 0 Å². The summed E-state index contributed by atoms with van der Waals surface area (Å²) in [5, 5.41) is 0. The Balaban J connectivity index is 1.80. The number of fused-ring (bicyclic) bond motifs is 1. The van der Waals surface area contributed by atoms with E-state index in [9.17, 15) is 0 Å². The fourth-order valence-corrected chi connectivity index (χ4v) is 2.19. The minimum atomic E-state index is 0.263. The zero-order valence-electron chi connectivity index (χ0n) is 11.2. The lowest BCUT2D eigenvalue weighted by Gasteiger charge is -2.12. The van der Waals surface area contributed by atoms with Gasteiger partial charge in [0.1, 0.15) is 12.4 Å². The van der Waals surface area contributed by atoms with E-state index in [1.165, 1.54) is 0 Å². The van der Waals surface area contributed by atoms with Crippen LogP contribution in [-0.2, 0) is 13.0 Å². The van der Waals surface area contributed by atoms with Crippen LogP contribution < -0.4 is 19.9 Å². The van der Waals surface area contributed by atoms with E-state index in [1.807, 2.05) is 42.5 Å². The Bertz CT molecular complexity index is 584. The molecule has 0 fully saturated rings. The van der Waals surface area contributed by atoms with Crippen molar-refractivity contribution in [3.8, 4) is 17.2 Å². The standard InChI is InChI=1S/C16H17NO3/c17-7-6-13-8-15-16(20-11-19-15)9-14(13)18-10-12-4-2-1-3-5-12/h1-5,8-9H,6-7,10-11,17H2. The summed E-state index contributed by atoms with van der Waals surface area (Å²) in [6, 6.07) is 13.9. The number of nitrogens with two attached hydrogens (primary N) is 1. The zero-order chi connectivity index (χ0) is 13.8. The van der Waals surface area contributed by atoms with Gasteiger partial charge in [-0.1, -0.05) is 30.3 Å². The molecule has 1 heterocycles. The lowest BCUT2D eigenvalue weighted by molar-refractivity contribution is 0.173. The Morgan fingerprint density at radius 2 is 1.80 bits per heavy atom. The largest absolute Gasteiger partial charge is 0.488 e. The van der Waals surface area contributed by atoms with E-state index in [-0.39, 0.29) is 6.79 Å². The molecule has 4 heteroatoms. The third kappa shape index (κ3) is 2.70. The third-order valence-corrected chi connectivity index (χ3v) is 3.21. The molecule has 2 aromatic rings.